The van der Waals surface area contributed by atoms with E-state index < -0.39 is 35.6 Å². The van der Waals surface area contributed by atoms with Crippen LogP contribution in [0.1, 0.15) is 22.8 Å². The molecule has 0 saturated carbocycles. The molecule has 7 heteroatoms. The zero-order valence-electron chi connectivity index (χ0n) is 14.3. The van der Waals surface area contributed by atoms with E-state index >= 15 is 0 Å². The number of ether oxygens (including phenoxy) is 1. The van der Waals surface area contributed by atoms with Gasteiger partial charge < -0.3 is 10.1 Å². The van der Waals surface area contributed by atoms with Gasteiger partial charge in [0.1, 0.15) is 17.1 Å². The van der Waals surface area contributed by atoms with Gasteiger partial charge in [0, 0.05) is 5.56 Å². The van der Waals surface area contributed by atoms with E-state index in [2.05, 4.69) is 5.32 Å². The number of Topliss-reactive ketones (excluding diaryl/α,β-unsaturated/α-hetero) is 1. The molecule has 2 aromatic carbocycles. The van der Waals surface area contributed by atoms with Gasteiger partial charge in [-0.2, -0.15) is 0 Å². The average molecular weight is 356 g/mol. The minimum absolute atomic E-state index is 0.334. The number of nitrogens with zero attached hydrogens (tertiary/aromatic N) is 1. The lowest BCUT2D eigenvalue weighted by Crippen LogP contribution is -2.41. The van der Waals surface area contributed by atoms with E-state index in [0.29, 0.717) is 16.9 Å². The number of amides is 3. The third-order valence-corrected chi connectivity index (χ3v) is 4.39. The Hall–Kier alpha value is -3.22. The van der Waals surface area contributed by atoms with Crippen LogP contribution in [0.4, 0.5) is 9.18 Å². The summed E-state index contributed by atoms with van der Waals surface area (Å²) < 4.78 is 18.2. The number of carbonyl (C=O) groups excluding carboxylic acids is 3. The van der Waals surface area contributed by atoms with Crippen molar-refractivity contribution in [1.82, 2.24) is 10.2 Å². The molecule has 1 aliphatic heterocycles. The van der Waals surface area contributed by atoms with Crippen LogP contribution >= 0.6 is 0 Å². The van der Waals surface area contributed by atoms with Gasteiger partial charge in [0.05, 0.1) is 13.7 Å². The molecule has 134 valence electrons. The summed E-state index contributed by atoms with van der Waals surface area (Å²) >= 11 is 0. The van der Waals surface area contributed by atoms with Gasteiger partial charge in [0.15, 0.2) is 5.78 Å². The average Bonchev–Trinajstić information content (AvgIpc) is 2.86. The number of halogens is 1. The Balaban J connectivity index is 1.82. The zero-order chi connectivity index (χ0) is 18.9. The third-order valence-electron chi connectivity index (χ3n) is 4.39. The van der Waals surface area contributed by atoms with Crippen LogP contribution in [-0.4, -0.2) is 36.3 Å². The third kappa shape index (κ3) is 3.03. The van der Waals surface area contributed by atoms with Crippen LogP contribution in [0.25, 0.3) is 0 Å². The van der Waals surface area contributed by atoms with E-state index in [9.17, 15) is 18.8 Å². The number of hydrogen-bond acceptors (Lipinski definition) is 4. The van der Waals surface area contributed by atoms with Crippen LogP contribution in [-0.2, 0) is 10.3 Å². The van der Waals surface area contributed by atoms with Gasteiger partial charge in [-0.15, -0.1) is 0 Å². The lowest BCUT2D eigenvalue weighted by molar-refractivity contribution is -0.130. The number of rotatable bonds is 5. The van der Waals surface area contributed by atoms with Gasteiger partial charge >= 0.3 is 6.03 Å². The van der Waals surface area contributed by atoms with Crippen LogP contribution in [0.15, 0.2) is 48.5 Å². The fraction of sp³-hybridized carbons (Fsp3) is 0.211. The summed E-state index contributed by atoms with van der Waals surface area (Å²) in [6.45, 7) is 1.13. The Bertz CT molecular complexity index is 881. The number of hydrogen-bond donors (Lipinski definition) is 1. The maximum atomic E-state index is 13.1. The van der Waals surface area contributed by atoms with Crippen LogP contribution in [0.3, 0.4) is 0 Å². The Kier molecular flexibility index (Phi) is 4.46. The summed E-state index contributed by atoms with van der Waals surface area (Å²) in [5.74, 6) is -0.899. The molecule has 0 bridgehead atoms. The molecular weight excluding hydrogens is 339 g/mol. The first-order valence-electron chi connectivity index (χ1n) is 7.92. The van der Waals surface area contributed by atoms with Crippen molar-refractivity contribution >= 4 is 17.7 Å². The Morgan fingerprint density at radius 1 is 1.19 bits per heavy atom. The van der Waals surface area contributed by atoms with E-state index in [0.717, 1.165) is 4.90 Å². The van der Waals surface area contributed by atoms with Crippen LogP contribution in [0.2, 0.25) is 0 Å². The monoisotopic (exact) mass is 356 g/mol. The van der Waals surface area contributed by atoms with E-state index in [1.165, 1.54) is 38.3 Å². The molecule has 26 heavy (non-hydrogen) atoms. The smallest absolute Gasteiger partial charge is 0.325 e. The van der Waals surface area contributed by atoms with Crippen LogP contribution in [0.5, 0.6) is 5.75 Å². The first-order chi connectivity index (χ1) is 12.3. The molecule has 1 N–H and O–H groups in total. The highest BCUT2D eigenvalue weighted by Crippen LogP contribution is 2.29. The van der Waals surface area contributed by atoms with Crippen molar-refractivity contribution in [3.05, 3.63) is 65.5 Å². The lowest BCUT2D eigenvalue weighted by Gasteiger charge is -2.22. The van der Waals surface area contributed by atoms with Crippen LogP contribution in [0, 0.1) is 5.82 Å². The van der Waals surface area contributed by atoms with Crippen molar-refractivity contribution < 1.29 is 23.5 Å². The first-order valence-corrected chi connectivity index (χ1v) is 7.92. The molecule has 0 aliphatic carbocycles. The predicted molar refractivity (Wildman–Crippen MR) is 91.3 cm³/mol. The second-order valence-electron chi connectivity index (χ2n) is 6.11. The zero-order valence-corrected chi connectivity index (χ0v) is 14.3. The molecule has 1 fully saturated rings. The maximum absolute atomic E-state index is 13.1. The normalized spacial score (nSPS) is 19.4. The maximum Gasteiger partial charge on any atom is 0.325 e. The molecule has 0 aromatic heterocycles. The summed E-state index contributed by atoms with van der Waals surface area (Å²) in [6.07, 6.45) is 0. The molecular formula is C19H17FN2O4. The van der Waals surface area contributed by atoms with E-state index in [1.807, 2.05) is 0 Å². The van der Waals surface area contributed by atoms with Crippen molar-refractivity contribution in [3.63, 3.8) is 0 Å². The highest BCUT2D eigenvalue weighted by atomic mass is 19.1. The summed E-state index contributed by atoms with van der Waals surface area (Å²) in [5, 5.41) is 2.58. The molecule has 1 atom stereocenters. The molecule has 0 spiro atoms. The van der Waals surface area contributed by atoms with Gasteiger partial charge in [-0.25, -0.2) is 9.18 Å². The van der Waals surface area contributed by atoms with E-state index in [4.69, 9.17) is 4.74 Å². The fourth-order valence-electron chi connectivity index (χ4n) is 2.85. The molecule has 0 unspecified atom stereocenters. The van der Waals surface area contributed by atoms with Gasteiger partial charge in [0.2, 0.25) is 0 Å². The van der Waals surface area contributed by atoms with Gasteiger partial charge in [0.25, 0.3) is 5.91 Å². The summed E-state index contributed by atoms with van der Waals surface area (Å²) in [7, 11) is 1.48. The second kappa shape index (κ2) is 6.59. The molecule has 2 aromatic rings. The van der Waals surface area contributed by atoms with Gasteiger partial charge in [-0.3, -0.25) is 14.5 Å². The SMILES string of the molecule is COc1cccc(C(=O)CN2C(=O)N[C@@](C)(c3ccc(F)cc3)C2=O)c1. The quantitative estimate of drug-likeness (QED) is 0.660. The van der Waals surface area contributed by atoms with Gasteiger partial charge in [-0.05, 0) is 36.8 Å². The predicted octanol–water partition coefficient (Wildman–Crippen LogP) is 2.48. The number of ketones is 1. The fourth-order valence-corrected chi connectivity index (χ4v) is 2.85. The highest BCUT2D eigenvalue weighted by Gasteiger charge is 2.49. The number of imide groups is 1. The number of carbonyl (C=O) groups is 3. The minimum Gasteiger partial charge on any atom is -0.497 e. The number of nitrogens with one attached hydrogen (secondary N) is 1. The molecule has 1 aliphatic rings. The second-order valence-corrected chi connectivity index (χ2v) is 6.11. The number of urea groups is 1. The number of methoxy groups -OCH3 is 1. The van der Waals surface area contributed by atoms with Crippen molar-refractivity contribution in [2.75, 3.05) is 13.7 Å². The standard InChI is InChI=1S/C19H17FN2O4/c1-19(13-6-8-14(20)9-7-13)17(24)22(18(25)21-19)11-16(23)12-4-3-5-15(10-12)26-2/h3-10H,11H2,1-2H3,(H,21,25)/t19-/m0/s1. The topological polar surface area (TPSA) is 75.7 Å². The minimum atomic E-state index is -1.35. The van der Waals surface area contributed by atoms with Crippen molar-refractivity contribution in [2.45, 2.75) is 12.5 Å². The molecule has 3 rings (SSSR count). The summed E-state index contributed by atoms with van der Waals surface area (Å²) in [5.41, 5.74) is -0.576. The van der Waals surface area contributed by atoms with E-state index in [-0.39, 0.29) is 0 Å². The molecule has 6 nitrogen and oxygen atoms in total. The Morgan fingerprint density at radius 3 is 2.54 bits per heavy atom. The molecule has 1 heterocycles. The van der Waals surface area contributed by atoms with Crippen molar-refractivity contribution in [3.8, 4) is 5.75 Å². The highest BCUT2D eigenvalue weighted by molar-refractivity contribution is 6.11. The largest absolute Gasteiger partial charge is 0.497 e. The van der Waals surface area contributed by atoms with E-state index in [1.54, 1.807) is 24.3 Å². The Morgan fingerprint density at radius 2 is 1.88 bits per heavy atom. The first kappa shape index (κ1) is 17.6. The van der Waals surface area contributed by atoms with Crippen LogP contribution < -0.4 is 10.1 Å². The molecule has 3 amide bonds. The lowest BCUT2D eigenvalue weighted by atomic mass is 9.92. The summed E-state index contributed by atoms with van der Waals surface area (Å²) in [6, 6.07) is 11.1. The van der Waals surface area contributed by atoms with Crippen molar-refractivity contribution in [1.29, 1.82) is 0 Å². The van der Waals surface area contributed by atoms with Gasteiger partial charge in [-0.1, -0.05) is 24.3 Å². The number of benzene rings is 2. The van der Waals surface area contributed by atoms with Crippen molar-refractivity contribution in [2.24, 2.45) is 0 Å². The Labute approximate surface area is 149 Å². The summed E-state index contributed by atoms with van der Waals surface area (Å²) in [4.78, 5) is 38.4. The molecule has 1 saturated heterocycles. The molecule has 0 radical (unpaired) electrons.